The maximum absolute atomic E-state index is 11.1. The van der Waals surface area contributed by atoms with Crippen LogP contribution in [0.25, 0.3) is 0 Å². The monoisotopic (exact) mass is 265 g/mol. The number of hydrogen-bond acceptors (Lipinski definition) is 4. The molecule has 0 aliphatic rings. The number of ether oxygens (including phenoxy) is 1. The Balaban J connectivity index is 2.54. The predicted octanol–water partition coefficient (Wildman–Crippen LogP) is 1.18. The fourth-order valence-corrected chi connectivity index (χ4v) is 1.72. The summed E-state index contributed by atoms with van der Waals surface area (Å²) in [5.41, 5.74) is 7.64. The molecule has 5 heteroatoms. The molecule has 5 nitrogen and oxygen atoms in total. The van der Waals surface area contributed by atoms with Crippen molar-refractivity contribution in [3.8, 4) is 5.75 Å². The summed E-state index contributed by atoms with van der Waals surface area (Å²) in [6, 6.07) is 3.88. The highest BCUT2D eigenvalue weighted by Gasteiger charge is 2.08. The lowest BCUT2D eigenvalue weighted by Gasteiger charge is -2.13. The van der Waals surface area contributed by atoms with Gasteiger partial charge in [-0.1, -0.05) is 0 Å². The highest BCUT2D eigenvalue weighted by atomic mass is 16.5. The summed E-state index contributed by atoms with van der Waals surface area (Å²) in [7, 11) is 1.63. The van der Waals surface area contributed by atoms with E-state index in [9.17, 15) is 4.79 Å². The number of carbonyl (C=O) groups excluding carboxylic acids is 1. The lowest BCUT2D eigenvalue weighted by Crippen LogP contribution is -2.20. The normalized spacial score (nSPS) is 12.0. The Hall–Kier alpha value is -1.62. The third-order valence-corrected chi connectivity index (χ3v) is 2.67. The van der Waals surface area contributed by atoms with Gasteiger partial charge in [-0.05, 0) is 32.4 Å². The van der Waals surface area contributed by atoms with E-state index in [4.69, 9.17) is 10.5 Å². The van der Waals surface area contributed by atoms with Crippen molar-refractivity contribution in [1.82, 2.24) is 10.3 Å². The number of nitrogens with zero attached hydrogens (tertiary/aromatic N) is 1. The van der Waals surface area contributed by atoms with Gasteiger partial charge in [0.15, 0.2) is 0 Å². The minimum absolute atomic E-state index is 0.0291. The van der Waals surface area contributed by atoms with Crippen LogP contribution in [-0.4, -0.2) is 30.6 Å². The molecule has 106 valence electrons. The fourth-order valence-electron chi connectivity index (χ4n) is 1.72. The van der Waals surface area contributed by atoms with E-state index in [1.807, 2.05) is 26.0 Å². The molecule has 0 bridgehead atoms. The average Bonchev–Trinajstić information content (AvgIpc) is 2.35. The van der Waals surface area contributed by atoms with Gasteiger partial charge >= 0.3 is 0 Å². The number of pyridine rings is 1. The maximum Gasteiger partial charge on any atom is 0.219 e. The Kier molecular flexibility index (Phi) is 6.29. The molecule has 1 unspecified atom stereocenters. The summed E-state index contributed by atoms with van der Waals surface area (Å²) in [6.45, 7) is 4.39. The van der Waals surface area contributed by atoms with Gasteiger partial charge in [-0.15, -0.1) is 0 Å². The summed E-state index contributed by atoms with van der Waals surface area (Å²) in [5, 5.41) is 2.59. The van der Waals surface area contributed by atoms with Crippen LogP contribution in [0.3, 0.4) is 0 Å². The molecule has 0 saturated carbocycles. The molecule has 0 aromatic carbocycles. The zero-order chi connectivity index (χ0) is 14.3. The number of aromatic nitrogens is 1. The van der Waals surface area contributed by atoms with Crippen LogP contribution in [-0.2, 0) is 11.2 Å². The van der Waals surface area contributed by atoms with Gasteiger partial charge in [-0.25, -0.2) is 0 Å². The lowest BCUT2D eigenvalue weighted by atomic mass is 10.1. The number of nitrogens with one attached hydrogen (secondary N) is 1. The van der Waals surface area contributed by atoms with Crippen molar-refractivity contribution < 1.29 is 9.53 Å². The zero-order valence-corrected chi connectivity index (χ0v) is 11.9. The van der Waals surface area contributed by atoms with E-state index < -0.39 is 0 Å². The first-order valence-corrected chi connectivity index (χ1v) is 6.58. The van der Waals surface area contributed by atoms with Crippen molar-refractivity contribution in [3.63, 3.8) is 0 Å². The number of aryl methyl sites for hydroxylation is 1. The Morgan fingerprint density at radius 3 is 2.89 bits per heavy atom. The highest BCUT2D eigenvalue weighted by Crippen LogP contribution is 2.18. The van der Waals surface area contributed by atoms with Crippen LogP contribution in [0.4, 0.5) is 0 Å². The summed E-state index contributed by atoms with van der Waals surface area (Å²) < 4.78 is 5.69. The van der Waals surface area contributed by atoms with Crippen molar-refractivity contribution in [2.75, 3.05) is 13.7 Å². The van der Waals surface area contributed by atoms with Gasteiger partial charge in [0, 0.05) is 31.6 Å². The molecule has 1 atom stereocenters. The summed E-state index contributed by atoms with van der Waals surface area (Å²) in [4.78, 5) is 15.5. The molecule has 19 heavy (non-hydrogen) atoms. The van der Waals surface area contributed by atoms with Crippen LogP contribution in [0.5, 0.6) is 5.75 Å². The van der Waals surface area contributed by atoms with Gasteiger partial charge in [-0.3, -0.25) is 9.78 Å². The smallest absolute Gasteiger partial charge is 0.219 e. The zero-order valence-electron chi connectivity index (χ0n) is 11.9. The minimum atomic E-state index is 0.0291. The first-order chi connectivity index (χ1) is 9.02. The van der Waals surface area contributed by atoms with E-state index in [1.54, 1.807) is 7.05 Å². The van der Waals surface area contributed by atoms with E-state index in [0.29, 0.717) is 25.9 Å². The van der Waals surface area contributed by atoms with Gasteiger partial charge in [0.2, 0.25) is 5.91 Å². The lowest BCUT2D eigenvalue weighted by molar-refractivity contribution is -0.120. The van der Waals surface area contributed by atoms with Crippen LogP contribution < -0.4 is 15.8 Å². The molecule has 1 heterocycles. The van der Waals surface area contributed by atoms with Crippen molar-refractivity contribution in [3.05, 3.63) is 23.5 Å². The Labute approximate surface area is 114 Å². The average molecular weight is 265 g/mol. The number of carbonyl (C=O) groups is 1. The molecular weight excluding hydrogens is 242 g/mol. The van der Waals surface area contributed by atoms with Crippen LogP contribution >= 0.6 is 0 Å². The van der Waals surface area contributed by atoms with Crippen LogP contribution in [0.1, 0.15) is 31.2 Å². The first kappa shape index (κ1) is 15.4. The number of nitrogens with two attached hydrogens (primary N) is 1. The standard InChI is InChI=1S/C14H23N3O2/c1-10(15)9-12-13(7-6-11(2)17-12)19-8-4-5-14(18)16-3/h6-7,10H,4-5,8-9,15H2,1-3H3,(H,16,18). The SMILES string of the molecule is CNC(=O)CCCOc1ccc(C)nc1CC(C)N. The number of hydrogen-bond donors (Lipinski definition) is 2. The molecule has 1 aromatic rings. The minimum Gasteiger partial charge on any atom is -0.492 e. The number of rotatable bonds is 7. The molecule has 0 aliphatic heterocycles. The summed E-state index contributed by atoms with van der Waals surface area (Å²) >= 11 is 0. The summed E-state index contributed by atoms with van der Waals surface area (Å²) in [5.74, 6) is 0.793. The van der Waals surface area contributed by atoms with Crippen molar-refractivity contribution in [2.24, 2.45) is 5.73 Å². The molecule has 1 rings (SSSR count). The highest BCUT2D eigenvalue weighted by molar-refractivity contribution is 5.75. The van der Waals surface area contributed by atoms with Crippen molar-refractivity contribution in [2.45, 2.75) is 39.2 Å². The van der Waals surface area contributed by atoms with Gasteiger partial charge in [0.05, 0.1) is 12.3 Å². The quantitative estimate of drug-likeness (QED) is 0.726. The van der Waals surface area contributed by atoms with Crippen molar-refractivity contribution >= 4 is 5.91 Å². The first-order valence-electron chi connectivity index (χ1n) is 6.58. The van der Waals surface area contributed by atoms with Crippen LogP contribution in [0, 0.1) is 6.92 Å². The third kappa shape index (κ3) is 5.70. The third-order valence-electron chi connectivity index (χ3n) is 2.67. The van der Waals surface area contributed by atoms with Gasteiger partial charge in [-0.2, -0.15) is 0 Å². The van der Waals surface area contributed by atoms with E-state index in [0.717, 1.165) is 17.1 Å². The maximum atomic E-state index is 11.1. The molecule has 0 spiro atoms. The second kappa shape index (κ2) is 7.74. The predicted molar refractivity (Wildman–Crippen MR) is 75.1 cm³/mol. The molecule has 1 aromatic heterocycles. The van der Waals surface area contributed by atoms with Gasteiger partial charge < -0.3 is 15.8 Å². The molecule has 0 fully saturated rings. The molecule has 0 radical (unpaired) electrons. The molecular formula is C14H23N3O2. The largest absolute Gasteiger partial charge is 0.492 e. The van der Waals surface area contributed by atoms with E-state index >= 15 is 0 Å². The van der Waals surface area contributed by atoms with E-state index in [-0.39, 0.29) is 11.9 Å². The van der Waals surface area contributed by atoms with Crippen LogP contribution in [0.15, 0.2) is 12.1 Å². The van der Waals surface area contributed by atoms with Crippen LogP contribution in [0.2, 0.25) is 0 Å². The number of amides is 1. The molecule has 3 N–H and O–H groups in total. The van der Waals surface area contributed by atoms with E-state index in [1.165, 1.54) is 0 Å². The van der Waals surface area contributed by atoms with Crippen molar-refractivity contribution in [1.29, 1.82) is 0 Å². The second-order valence-electron chi connectivity index (χ2n) is 4.70. The van der Waals surface area contributed by atoms with E-state index in [2.05, 4.69) is 10.3 Å². The second-order valence-corrected chi connectivity index (χ2v) is 4.70. The van der Waals surface area contributed by atoms with Gasteiger partial charge in [0.25, 0.3) is 0 Å². The summed E-state index contributed by atoms with van der Waals surface area (Å²) in [6.07, 6.45) is 1.84. The topological polar surface area (TPSA) is 77.2 Å². The Morgan fingerprint density at radius 1 is 1.53 bits per heavy atom. The fraction of sp³-hybridized carbons (Fsp3) is 0.571. The molecule has 0 saturated heterocycles. The molecule has 1 amide bonds. The Bertz CT molecular complexity index is 419. The Morgan fingerprint density at radius 2 is 2.26 bits per heavy atom. The van der Waals surface area contributed by atoms with Gasteiger partial charge in [0.1, 0.15) is 5.75 Å². The molecule has 0 aliphatic carbocycles.